The molecule has 1 aliphatic rings. The predicted molar refractivity (Wildman–Crippen MR) is 81.7 cm³/mol. The molecule has 0 bridgehead atoms. The summed E-state index contributed by atoms with van der Waals surface area (Å²) >= 11 is 6.16. The summed E-state index contributed by atoms with van der Waals surface area (Å²) in [5, 5.41) is 0.399. The molecule has 21 heavy (non-hydrogen) atoms. The van der Waals surface area contributed by atoms with Crippen molar-refractivity contribution in [2.24, 2.45) is 0 Å². The normalized spacial score (nSPS) is 18.0. The minimum atomic E-state index is 0.0835. The van der Waals surface area contributed by atoms with E-state index < -0.39 is 0 Å². The summed E-state index contributed by atoms with van der Waals surface area (Å²) in [6.45, 7) is 3.47. The second kappa shape index (κ2) is 5.73. The first kappa shape index (κ1) is 13.9. The molecule has 0 saturated carbocycles. The van der Waals surface area contributed by atoms with Crippen molar-refractivity contribution in [1.82, 2.24) is 15.0 Å². The number of nitrogen functional groups attached to an aromatic ring is 1. The summed E-state index contributed by atoms with van der Waals surface area (Å²) in [5.41, 5.74) is 6.61. The number of hydrogen-bond acceptors (Lipinski definition) is 6. The molecule has 1 fully saturated rings. The van der Waals surface area contributed by atoms with Gasteiger partial charge in [0.25, 0.3) is 0 Å². The second-order valence-corrected chi connectivity index (χ2v) is 5.34. The molecule has 3 rings (SSSR count). The summed E-state index contributed by atoms with van der Waals surface area (Å²) in [4.78, 5) is 14.4. The Morgan fingerprint density at radius 3 is 3.05 bits per heavy atom. The Bertz CT molecular complexity index is 651. The fraction of sp³-hybridized carbons (Fsp3) is 0.357. The van der Waals surface area contributed by atoms with Gasteiger partial charge in [-0.1, -0.05) is 11.6 Å². The summed E-state index contributed by atoms with van der Waals surface area (Å²) < 4.78 is 6.01. The van der Waals surface area contributed by atoms with Gasteiger partial charge in [0, 0.05) is 19.2 Å². The molecule has 0 radical (unpaired) electrons. The van der Waals surface area contributed by atoms with Crippen LogP contribution in [-0.2, 0) is 0 Å². The van der Waals surface area contributed by atoms with Crippen molar-refractivity contribution in [3.63, 3.8) is 0 Å². The van der Waals surface area contributed by atoms with Crippen molar-refractivity contribution < 1.29 is 4.74 Å². The highest BCUT2D eigenvalue weighted by atomic mass is 35.5. The van der Waals surface area contributed by atoms with Gasteiger partial charge in [0.05, 0.1) is 12.2 Å². The highest BCUT2D eigenvalue weighted by Crippen LogP contribution is 2.30. The molecule has 0 spiro atoms. The van der Waals surface area contributed by atoms with Crippen molar-refractivity contribution in [2.45, 2.75) is 19.4 Å². The van der Waals surface area contributed by atoms with Crippen LogP contribution in [0.25, 0.3) is 0 Å². The summed E-state index contributed by atoms with van der Waals surface area (Å²) in [6.07, 6.45) is 4.16. The minimum absolute atomic E-state index is 0.0835. The van der Waals surface area contributed by atoms with Crippen LogP contribution in [-0.4, -0.2) is 34.1 Å². The zero-order valence-electron chi connectivity index (χ0n) is 11.7. The van der Waals surface area contributed by atoms with Crippen molar-refractivity contribution >= 4 is 23.2 Å². The maximum absolute atomic E-state index is 6.16. The maximum atomic E-state index is 6.16. The van der Waals surface area contributed by atoms with E-state index in [9.17, 15) is 0 Å². The van der Waals surface area contributed by atoms with Gasteiger partial charge in [-0.15, -0.1) is 0 Å². The van der Waals surface area contributed by atoms with Gasteiger partial charge in [0.15, 0.2) is 5.82 Å². The smallest absolute Gasteiger partial charge is 0.153 e. The first-order valence-electron chi connectivity index (χ1n) is 6.74. The monoisotopic (exact) mass is 305 g/mol. The third-order valence-electron chi connectivity index (χ3n) is 3.49. The van der Waals surface area contributed by atoms with Crippen molar-refractivity contribution in [1.29, 1.82) is 0 Å². The number of aromatic nitrogens is 3. The molecule has 2 aromatic rings. The molecule has 2 N–H and O–H groups in total. The lowest BCUT2D eigenvalue weighted by Crippen LogP contribution is -2.26. The molecule has 6 nitrogen and oxygen atoms in total. The SMILES string of the molecule is Cc1ncccc1OC1CCN(c2ncnc(N)c2Cl)C1. The lowest BCUT2D eigenvalue weighted by molar-refractivity contribution is 0.222. The standard InChI is InChI=1S/C14H16ClN5O/c1-9-11(3-2-5-17-9)21-10-4-6-20(7-10)14-12(15)13(16)18-8-19-14/h2-3,5,8,10H,4,6-7H2,1H3,(H2,16,18,19). The molecule has 2 aromatic heterocycles. The quantitative estimate of drug-likeness (QED) is 0.935. The van der Waals surface area contributed by atoms with Gasteiger partial charge < -0.3 is 15.4 Å². The van der Waals surface area contributed by atoms with Gasteiger partial charge in [0.1, 0.15) is 29.0 Å². The molecule has 0 aromatic carbocycles. The Balaban J connectivity index is 1.71. The number of nitrogens with zero attached hydrogens (tertiary/aromatic N) is 4. The molecule has 1 atom stereocenters. The molecular formula is C14H16ClN5O. The first-order chi connectivity index (χ1) is 10.1. The lowest BCUT2D eigenvalue weighted by Gasteiger charge is -2.19. The van der Waals surface area contributed by atoms with E-state index in [1.165, 1.54) is 6.33 Å². The average Bonchev–Trinajstić information content (AvgIpc) is 2.93. The second-order valence-electron chi connectivity index (χ2n) is 4.96. The molecule has 7 heteroatoms. The minimum Gasteiger partial charge on any atom is -0.487 e. The van der Waals surface area contributed by atoms with E-state index in [0.717, 1.165) is 24.4 Å². The summed E-state index contributed by atoms with van der Waals surface area (Å²) in [6, 6.07) is 3.80. The topological polar surface area (TPSA) is 77.2 Å². The van der Waals surface area contributed by atoms with Crippen LogP contribution in [0.1, 0.15) is 12.1 Å². The number of anilines is 2. The number of pyridine rings is 1. The number of nitrogens with two attached hydrogens (primary N) is 1. The van der Waals surface area contributed by atoms with Crippen LogP contribution in [0.4, 0.5) is 11.6 Å². The summed E-state index contributed by atoms with van der Waals surface area (Å²) in [5.74, 6) is 1.78. The van der Waals surface area contributed by atoms with Gasteiger partial charge >= 0.3 is 0 Å². The molecule has 0 aliphatic carbocycles. The van der Waals surface area contributed by atoms with Gasteiger partial charge in [-0.05, 0) is 19.1 Å². The zero-order chi connectivity index (χ0) is 14.8. The first-order valence-corrected chi connectivity index (χ1v) is 7.12. The van der Waals surface area contributed by atoms with Gasteiger partial charge in [0.2, 0.25) is 0 Å². The number of rotatable bonds is 3. The molecule has 1 aliphatic heterocycles. The van der Waals surface area contributed by atoms with Gasteiger partial charge in [-0.2, -0.15) is 0 Å². The van der Waals surface area contributed by atoms with Crippen LogP contribution >= 0.6 is 11.6 Å². The van der Waals surface area contributed by atoms with E-state index in [1.54, 1.807) is 6.20 Å². The van der Waals surface area contributed by atoms with Crippen LogP contribution < -0.4 is 15.4 Å². The predicted octanol–water partition coefficient (Wildman–Crippen LogP) is 2.07. The van der Waals surface area contributed by atoms with Crippen LogP contribution in [0.5, 0.6) is 5.75 Å². The van der Waals surface area contributed by atoms with Gasteiger partial charge in [-0.3, -0.25) is 4.98 Å². The molecule has 3 heterocycles. The highest BCUT2D eigenvalue weighted by molar-refractivity contribution is 6.35. The Hall–Kier alpha value is -2.08. The van der Waals surface area contributed by atoms with Crippen LogP contribution in [0.15, 0.2) is 24.7 Å². The van der Waals surface area contributed by atoms with Gasteiger partial charge in [-0.25, -0.2) is 9.97 Å². The Morgan fingerprint density at radius 2 is 2.24 bits per heavy atom. The number of hydrogen-bond donors (Lipinski definition) is 1. The molecule has 110 valence electrons. The molecule has 1 unspecified atom stereocenters. The van der Waals surface area contributed by atoms with Crippen LogP contribution in [0.3, 0.4) is 0 Å². The van der Waals surface area contributed by atoms with E-state index >= 15 is 0 Å². The van der Waals surface area contributed by atoms with Crippen LogP contribution in [0.2, 0.25) is 5.02 Å². The molecular weight excluding hydrogens is 290 g/mol. The Morgan fingerprint density at radius 1 is 1.38 bits per heavy atom. The summed E-state index contributed by atoms with van der Waals surface area (Å²) in [7, 11) is 0. The largest absolute Gasteiger partial charge is 0.487 e. The number of halogens is 1. The van der Waals surface area contributed by atoms with Crippen molar-refractivity contribution in [3.8, 4) is 5.75 Å². The molecule has 0 amide bonds. The maximum Gasteiger partial charge on any atom is 0.153 e. The number of ether oxygens (including phenoxy) is 1. The number of aryl methyl sites for hydroxylation is 1. The fourth-order valence-corrected chi connectivity index (χ4v) is 2.60. The van der Waals surface area contributed by atoms with Crippen molar-refractivity contribution in [3.05, 3.63) is 35.4 Å². The zero-order valence-corrected chi connectivity index (χ0v) is 12.4. The third kappa shape index (κ3) is 2.85. The van der Waals surface area contributed by atoms with Crippen molar-refractivity contribution in [2.75, 3.05) is 23.7 Å². The third-order valence-corrected chi connectivity index (χ3v) is 3.86. The Kier molecular flexibility index (Phi) is 3.79. The van der Waals surface area contributed by atoms with E-state index in [1.807, 2.05) is 19.1 Å². The Labute approximate surface area is 127 Å². The van der Waals surface area contributed by atoms with E-state index in [-0.39, 0.29) is 6.10 Å². The molecule has 1 saturated heterocycles. The lowest BCUT2D eigenvalue weighted by atomic mass is 10.3. The van der Waals surface area contributed by atoms with E-state index in [2.05, 4.69) is 19.9 Å². The fourth-order valence-electron chi connectivity index (χ4n) is 2.38. The van der Waals surface area contributed by atoms with E-state index in [4.69, 9.17) is 22.1 Å². The highest BCUT2D eigenvalue weighted by Gasteiger charge is 2.27. The van der Waals surface area contributed by atoms with E-state index in [0.29, 0.717) is 23.2 Å². The van der Waals surface area contributed by atoms with Crippen LogP contribution in [0, 0.1) is 6.92 Å². The average molecular weight is 306 g/mol.